The van der Waals surface area contributed by atoms with Gasteiger partial charge in [0.2, 0.25) is 5.13 Å². The third-order valence-electron chi connectivity index (χ3n) is 3.23. The van der Waals surface area contributed by atoms with E-state index in [0.717, 1.165) is 11.3 Å². The summed E-state index contributed by atoms with van der Waals surface area (Å²) >= 11 is 1.44. The van der Waals surface area contributed by atoms with Gasteiger partial charge in [0, 0.05) is 10.9 Å². The fourth-order valence-electron chi connectivity index (χ4n) is 2.11. The lowest BCUT2D eigenvalue weighted by Crippen LogP contribution is -2.02. The smallest absolute Gasteiger partial charge is 0.339 e. The van der Waals surface area contributed by atoms with Crippen molar-refractivity contribution in [2.45, 2.75) is 13.8 Å². The van der Waals surface area contributed by atoms with E-state index in [-0.39, 0.29) is 5.56 Å². The number of rotatable bonds is 3. The Kier molecular flexibility index (Phi) is 3.31. The van der Waals surface area contributed by atoms with Gasteiger partial charge in [-0.1, -0.05) is 23.8 Å². The van der Waals surface area contributed by atoms with Crippen molar-refractivity contribution in [3.63, 3.8) is 0 Å². The third-order valence-corrected chi connectivity index (χ3v) is 4.04. The van der Waals surface area contributed by atoms with Crippen molar-refractivity contribution < 1.29 is 9.90 Å². The van der Waals surface area contributed by atoms with Gasteiger partial charge in [0.25, 0.3) is 0 Å². The second-order valence-electron chi connectivity index (χ2n) is 4.75. The highest BCUT2D eigenvalue weighted by atomic mass is 32.1. The van der Waals surface area contributed by atoms with Gasteiger partial charge in [0.05, 0.1) is 17.6 Å². The lowest BCUT2D eigenvalue weighted by molar-refractivity contribution is 0.0696. The Morgan fingerprint density at radius 2 is 2.14 bits per heavy atom. The summed E-state index contributed by atoms with van der Waals surface area (Å²) in [4.78, 5) is 15.6. The molecule has 106 valence electrons. The number of nitrogens with zero attached hydrogens (tertiary/aromatic N) is 3. The van der Waals surface area contributed by atoms with Crippen molar-refractivity contribution in [1.82, 2.24) is 14.8 Å². The van der Waals surface area contributed by atoms with E-state index in [1.807, 2.05) is 30.5 Å². The molecule has 6 heteroatoms. The zero-order valence-corrected chi connectivity index (χ0v) is 12.4. The van der Waals surface area contributed by atoms with Crippen LogP contribution in [-0.2, 0) is 0 Å². The summed E-state index contributed by atoms with van der Waals surface area (Å²) in [5.74, 6) is -0.978. The largest absolute Gasteiger partial charge is 0.478 e. The summed E-state index contributed by atoms with van der Waals surface area (Å²) in [6.07, 6.45) is 1.35. The van der Waals surface area contributed by atoms with Crippen LogP contribution in [-0.4, -0.2) is 25.8 Å². The average molecular weight is 299 g/mol. The van der Waals surface area contributed by atoms with Gasteiger partial charge in [-0.15, -0.1) is 11.3 Å². The number of carboxylic acids is 1. The number of hydrogen-bond acceptors (Lipinski definition) is 4. The van der Waals surface area contributed by atoms with Crippen LogP contribution in [0.1, 0.15) is 21.6 Å². The second-order valence-corrected chi connectivity index (χ2v) is 5.58. The number of aromatic nitrogens is 3. The summed E-state index contributed by atoms with van der Waals surface area (Å²) in [7, 11) is 0. The SMILES string of the molecule is Cc1cccc(-c2csc(-n3ncc(C(=O)O)c3C)n2)c1. The first-order valence-electron chi connectivity index (χ1n) is 6.37. The molecule has 3 aromatic rings. The molecular formula is C15H13N3O2S. The number of carbonyl (C=O) groups is 1. The maximum absolute atomic E-state index is 11.1. The number of hydrogen-bond donors (Lipinski definition) is 1. The van der Waals surface area contributed by atoms with E-state index < -0.39 is 5.97 Å². The summed E-state index contributed by atoms with van der Waals surface area (Å²) in [6.45, 7) is 3.76. The van der Waals surface area contributed by atoms with Crippen LogP contribution in [0.2, 0.25) is 0 Å². The number of aromatic carboxylic acids is 1. The van der Waals surface area contributed by atoms with Crippen molar-refractivity contribution in [2.24, 2.45) is 0 Å². The summed E-state index contributed by atoms with van der Waals surface area (Å²) in [6, 6.07) is 8.10. The lowest BCUT2D eigenvalue weighted by atomic mass is 10.1. The van der Waals surface area contributed by atoms with Gasteiger partial charge < -0.3 is 5.11 Å². The molecule has 0 fully saturated rings. The molecule has 0 aliphatic heterocycles. The highest BCUT2D eigenvalue weighted by Gasteiger charge is 2.16. The maximum Gasteiger partial charge on any atom is 0.339 e. The van der Waals surface area contributed by atoms with E-state index in [2.05, 4.69) is 16.1 Å². The number of thiazole rings is 1. The molecule has 0 unspecified atom stereocenters. The highest BCUT2D eigenvalue weighted by Crippen LogP contribution is 2.25. The highest BCUT2D eigenvalue weighted by molar-refractivity contribution is 7.12. The first-order chi connectivity index (χ1) is 10.1. The molecular weight excluding hydrogens is 286 g/mol. The van der Waals surface area contributed by atoms with Crippen molar-refractivity contribution in [2.75, 3.05) is 0 Å². The van der Waals surface area contributed by atoms with Crippen LogP contribution in [0, 0.1) is 13.8 Å². The molecule has 0 radical (unpaired) electrons. The number of carboxylic acid groups (broad SMARTS) is 1. The Morgan fingerprint density at radius 3 is 2.81 bits per heavy atom. The molecule has 2 aromatic heterocycles. The van der Waals surface area contributed by atoms with Gasteiger partial charge in [-0.05, 0) is 19.9 Å². The molecule has 5 nitrogen and oxygen atoms in total. The average Bonchev–Trinajstić information content (AvgIpc) is 3.05. The van der Waals surface area contributed by atoms with E-state index >= 15 is 0 Å². The van der Waals surface area contributed by atoms with Crippen LogP contribution in [0.15, 0.2) is 35.8 Å². The molecule has 21 heavy (non-hydrogen) atoms. The Bertz CT molecular complexity index is 820. The summed E-state index contributed by atoms with van der Waals surface area (Å²) < 4.78 is 1.56. The molecule has 0 saturated heterocycles. The number of benzene rings is 1. The van der Waals surface area contributed by atoms with E-state index in [4.69, 9.17) is 5.11 Å². The van der Waals surface area contributed by atoms with Crippen LogP contribution in [0.3, 0.4) is 0 Å². The van der Waals surface area contributed by atoms with Crippen LogP contribution in [0.4, 0.5) is 0 Å². The predicted molar refractivity (Wildman–Crippen MR) is 81.1 cm³/mol. The van der Waals surface area contributed by atoms with Crippen molar-refractivity contribution in [3.8, 4) is 16.4 Å². The molecule has 1 aromatic carbocycles. The molecule has 3 rings (SSSR count). The van der Waals surface area contributed by atoms with Gasteiger partial charge in [-0.2, -0.15) is 5.10 Å². The van der Waals surface area contributed by atoms with Crippen LogP contribution in [0.25, 0.3) is 16.4 Å². The third kappa shape index (κ3) is 2.45. The minimum Gasteiger partial charge on any atom is -0.478 e. The topological polar surface area (TPSA) is 68.0 Å². The van der Waals surface area contributed by atoms with Crippen LogP contribution >= 0.6 is 11.3 Å². The molecule has 0 amide bonds. The fourth-order valence-corrected chi connectivity index (χ4v) is 2.95. The van der Waals surface area contributed by atoms with Crippen LogP contribution < -0.4 is 0 Å². The Labute approximate surface area is 125 Å². The van der Waals surface area contributed by atoms with Gasteiger partial charge in [-0.3, -0.25) is 0 Å². The molecule has 0 spiro atoms. The molecule has 0 atom stereocenters. The van der Waals surface area contributed by atoms with Crippen LogP contribution in [0.5, 0.6) is 0 Å². The van der Waals surface area contributed by atoms with Crippen molar-refractivity contribution in [1.29, 1.82) is 0 Å². The van der Waals surface area contributed by atoms with E-state index in [0.29, 0.717) is 10.8 Å². The molecule has 1 N–H and O–H groups in total. The van der Waals surface area contributed by atoms with Gasteiger partial charge in [0.1, 0.15) is 5.56 Å². The molecule has 0 aliphatic carbocycles. The molecule has 2 heterocycles. The van der Waals surface area contributed by atoms with Gasteiger partial charge in [-0.25, -0.2) is 14.5 Å². The Balaban J connectivity index is 2.01. The normalized spacial score (nSPS) is 10.8. The second kappa shape index (κ2) is 5.14. The minimum atomic E-state index is -0.978. The molecule has 0 saturated carbocycles. The maximum atomic E-state index is 11.1. The monoisotopic (exact) mass is 299 g/mol. The van der Waals surface area contributed by atoms with E-state index in [1.54, 1.807) is 11.6 Å². The summed E-state index contributed by atoms with van der Waals surface area (Å²) in [5, 5.41) is 15.8. The zero-order chi connectivity index (χ0) is 15.0. The zero-order valence-electron chi connectivity index (χ0n) is 11.6. The molecule has 0 aliphatic rings. The first kappa shape index (κ1) is 13.5. The van der Waals surface area contributed by atoms with E-state index in [1.165, 1.54) is 23.1 Å². The quantitative estimate of drug-likeness (QED) is 0.805. The number of aryl methyl sites for hydroxylation is 1. The standard InChI is InChI=1S/C15H13N3O2S/c1-9-4-3-5-11(6-9)13-8-21-15(17-13)18-10(2)12(7-16-18)14(19)20/h3-8H,1-2H3,(H,19,20). The van der Waals surface area contributed by atoms with Crippen molar-refractivity contribution in [3.05, 3.63) is 52.7 Å². The van der Waals surface area contributed by atoms with Gasteiger partial charge in [0.15, 0.2) is 0 Å². The van der Waals surface area contributed by atoms with E-state index in [9.17, 15) is 4.79 Å². The molecule has 0 bridgehead atoms. The van der Waals surface area contributed by atoms with Crippen molar-refractivity contribution >= 4 is 17.3 Å². The predicted octanol–water partition coefficient (Wildman–Crippen LogP) is 3.31. The Hall–Kier alpha value is -2.47. The summed E-state index contributed by atoms with van der Waals surface area (Å²) in [5.41, 5.74) is 3.85. The van der Waals surface area contributed by atoms with Gasteiger partial charge >= 0.3 is 5.97 Å². The lowest BCUT2D eigenvalue weighted by Gasteiger charge is -2.00. The fraction of sp³-hybridized carbons (Fsp3) is 0.133. The Morgan fingerprint density at radius 1 is 1.33 bits per heavy atom. The minimum absolute atomic E-state index is 0.197. The first-order valence-corrected chi connectivity index (χ1v) is 7.25.